The molecule has 0 radical (unpaired) electrons. The Hall–Kier alpha value is -2.94. The molecule has 0 aliphatic heterocycles. The lowest BCUT2D eigenvalue weighted by Gasteiger charge is -2.07. The highest BCUT2D eigenvalue weighted by Gasteiger charge is 2.09. The number of benzene rings is 2. The summed E-state index contributed by atoms with van der Waals surface area (Å²) in [6.45, 7) is 0.322. The molecule has 1 heterocycles. The van der Waals surface area contributed by atoms with Gasteiger partial charge < -0.3 is 8.92 Å². The first-order valence-electron chi connectivity index (χ1n) is 7.22. The highest BCUT2D eigenvalue weighted by atomic mass is 32.3. The lowest BCUT2D eigenvalue weighted by Crippen LogP contribution is -2.01. The van der Waals surface area contributed by atoms with Gasteiger partial charge in [0, 0.05) is 12.6 Å². The van der Waals surface area contributed by atoms with E-state index in [-0.39, 0.29) is 5.75 Å². The van der Waals surface area contributed by atoms with Crippen LogP contribution in [0.3, 0.4) is 0 Å². The van der Waals surface area contributed by atoms with E-state index in [0.29, 0.717) is 12.4 Å². The van der Waals surface area contributed by atoms with E-state index < -0.39 is 10.5 Å². The standard InChI is InChI=1S/C16H14FN3O4S/c1-20-10-16(18-19-20)13-4-2-12(3-5-13)11-23-14-6-8-15(9-7-14)24-25(17,21)22/h2-10H,11H2,1H3. The third-order valence-corrected chi connectivity index (χ3v) is 3.67. The van der Waals surface area contributed by atoms with Crippen LogP contribution >= 0.6 is 0 Å². The van der Waals surface area contributed by atoms with Gasteiger partial charge in [-0.3, -0.25) is 4.68 Å². The SMILES string of the molecule is Cn1cc(-c2ccc(COc3ccc(OS(=O)(=O)F)cc3)cc2)nn1. The van der Waals surface area contributed by atoms with Gasteiger partial charge in [-0.1, -0.05) is 33.4 Å². The average Bonchev–Trinajstić information content (AvgIpc) is 3.00. The fourth-order valence-corrected chi connectivity index (χ4v) is 2.47. The van der Waals surface area contributed by atoms with Gasteiger partial charge in [0.05, 0.1) is 6.20 Å². The fourth-order valence-electron chi connectivity index (χ4n) is 2.12. The number of hydrogen-bond acceptors (Lipinski definition) is 6. The first kappa shape index (κ1) is 16.9. The summed E-state index contributed by atoms with van der Waals surface area (Å²) >= 11 is 0. The molecule has 0 atom stereocenters. The van der Waals surface area contributed by atoms with Crippen molar-refractivity contribution in [2.45, 2.75) is 6.61 Å². The van der Waals surface area contributed by atoms with Crippen molar-refractivity contribution in [3.05, 3.63) is 60.3 Å². The fraction of sp³-hybridized carbons (Fsp3) is 0.125. The molecule has 0 fully saturated rings. The van der Waals surface area contributed by atoms with Crippen molar-refractivity contribution in [2.75, 3.05) is 0 Å². The number of ether oxygens (including phenoxy) is 1. The normalized spacial score (nSPS) is 11.3. The molecule has 2 aromatic carbocycles. The lowest BCUT2D eigenvalue weighted by atomic mass is 10.1. The summed E-state index contributed by atoms with van der Waals surface area (Å²) in [4.78, 5) is 0. The van der Waals surface area contributed by atoms with E-state index in [9.17, 15) is 12.3 Å². The minimum absolute atomic E-state index is 0.122. The second-order valence-corrected chi connectivity index (χ2v) is 6.16. The van der Waals surface area contributed by atoms with Gasteiger partial charge in [-0.2, -0.15) is 8.42 Å². The van der Waals surface area contributed by atoms with E-state index >= 15 is 0 Å². The molecule has 3 aromatic rings. The summed E-state index contributed by atoms with van der Waals surface area (Å²) in [5.74, 6) is 0.379. The van der Waals surface area contributed by atoms with Gasteiger partial charge in [-0.15, -0.1) is 5.10 Å². The molecule has 130 valence electrons. The largest absolute Gasteiger partial charge is 0.489 e. The quantitative estimate of drug-likeness (QED) is 0.626. The molecular weight excluding hydrogens is 349 g/mol. The van der Waals surface area contributed by atoms with Gasteiger partial charge in [0.1, 0.15) is 23.8 Å². The minimum Gasteiger partial charge on any atom is -0.489 e. The Balaban J connectivity index is 1.60. The van der Waals surface area contributed by atoms with Crippen LogP contribution in [0, 0.1) is 0 Å². The number of rotatable bonds is 6. The van der Waals surface area contributed by atoms with Gasteiger partial charge >= 0.3 is 10.5 Å². The summed E-state index contributed by atoms with van der Waals surface area (Å²) in [5.41, 5.74) is 2.68. The Morgan fingerprint density at radius 1 is 1.04 bits per heavy atom. The molecule has 0 unspecified atom stereocenters. The molecule has 1 aromatic heterocycles. The first-order valence-corrected chi connectivity index (χ1v) is 8.52. The first-order chi connectivity index (χ1) is 11.9. The lowest BCUT2D eigenvalue weighted by molar-refractivity contribution is 0.306. The minimum atomic E-state index is -5.02. The summed E-state index contributed by atoms with van der Waals surface area (Å²) in [5, 5.41) is 7.93. The van der Waals surface area contributed by atoms with Crippen LogP contribution in [0.4, 0.5) is 3.89 Å². The molecule has 7 nitrogen and oxygen atoms in total. The van der Waals surface area contributed by atoms with Gasteiger partial charge in [0.15, 0.2) is 0 Å². The average molecular weight is 363 g/mol. The van der Waals surface area contributed by atoms with E-state index in [4.69, 9.17) is 4.74 Å². The van der Waals surface area contributed by atoms with Gasteiger partial charge in [0.25, 0.3) is 0 Å². The van der Waals surface area contributed by atoms with Crippen molar-refractivity contribution < 1.29 is 21.2 Å². The zero-order chi connectivity index (χ0) is 17.9. The zero-order valence-corrected chi connectivity index (χ0v) is 14.0. The third kappa shape index (κ3) is 4.77. The van der Waals surface area contributed by atoms with Crippen LogP contribution in [0.1, 0.15) is 5.56 Å². The van der Waals surface area contributed by atoms with E-state index in [1.807, 2.05) is 30.5 Å². The Bertz CT molecular complexity index is 954. The predicted octanol–water partition coefficient (Wildman–Crippen LogP) is 2.65. The summed E-state index contributed by atoms with van der Waals surface area (Å²) < 4.78 is 44.5. The predicted molar refractivity (Wildman–Crippen MR) is 87.9 cm³/mol. The van der Waals surface area contributed by atoms with Crippen LogP contribution in [0.25, 0.3) is 11.3 Å². The molecule has 0 amide bonds. The topological polar surface area (TPSA) is 83.3 Å². The molecule has 0 spiro atoms. The molecule has 3 rings (SSSR count). The van der Waals surface area contributed by atoms with Crippen molar-refractivity contribution in [1.29, 1.82) is 0 Å². The number of hydrogen-bond donors (Lipinski definition) is 0. The van der Waals surface area contributed by atoms with Gasteiger partial charge in [0.2, 0.25) is 0 Å². The second-order valence-electron chi connectivity index (χ2n) is 5.21. The second kappa shape index (κ2) is 6.89. The molecule has 0 bridgehead atoms. The van der Waals surface area contributed by atoms with Crippen LogP contribution < -0.4 is 8.92 Å². The Labute approximate surface area is 144 Å². The zero-order valence-electron chi connectivity index (χ0n) is 13.2. The van der Waals surface area contributed by atoms with Crippen molar-refractivity contribution in [2.24, 2.45) is 7.05 Å². The maximum Gasteiger partial charge on any atom is 0.488 e. The van der Waals surface area contributed by atoms with Crippen molar-refractivity contribution >= 4 is 10.5 Å². The smallest absolute Gasteiger partial charge is 0.488 e. The van der Waals surface area contributed by atoms with E-state index in [0.717, 1.165) is 16.8 Å². The maximum atomic E-state index is 12.4. The summed E-state index contributed by atoms with van der Waals surface area (Å²) in [6.07, 6.45) is 1.83. The van der Waals surface area contributed by atoms with Crippen molar-refractivity contribution in [1.82, 2.24) is 15.0 Å². The number of aryl methyl sites for hydroxylation is 1. The highest BCUT2D eigenvalue weighted by Crippen LogP contribution is 2.21. The summed E-state index contributed by atoms with van der Waals surface area (Å²) in [6, 6.07) is 13.3. The number of halogens is 1. The number of aromatic nitrogens is 3. The van der Waals surface area contributed by atoms with E-state index in [1.165, 1.54) is 24.3 Å². The maximum absolute atomic E-state index is 12.4. The molecule has 0 saturated heterocycles. The van der Waals surface area contributed by atoms with Crippen molar-refractivity contribution in [3.63, 3.8) is 0 Å². The Morgan fingerprint density at radius 2 is 1.68 bits per heavy atom. The molecule has 9 heteroatoms. The van der Waals surface area contributed by atoms with Crippen LogP contribution in [-0.4, -0.2) is 23.4 Å². The molecule has 0 saturated carbocycles. The third-order valence-electron chi connectivity index (χ3n) is 3.28. The van der Waals surface area contributed by atoms with Crippen LogP contribution in [0.2, 0.25) is 0 Å². The molecule has 0 aliphatic carbocycles. The molecular formula is C16H14FN3O4S. The van der Waals surface area contributed by atoms with Crippen molar-refractivity contribution in [3.8, 4) is 22.8 Å². The van der Waals surface area contributed by atoms with E-state index in [1.54, 1.807) is 11.7 Å². The Kier molecular flexibility index (Phi) is 4.66. The van der Waals surface area contributed by atoms with Crippen LogP contribution in [0.5, 0.6) is 11.5 Å². The van der Waals surface area contributed by atoms with Crippen LogP contribution in [-0.2, 0) is 24.2 Å². The number of nitrogens with zero attached hydrogens (tertiary/aromatic N) is 3. The van der Waals surface area contributed by atoms with Gasteiger partial charge in [-0.05, 0) is 29.8 Å². The highest BCUT2D eigenvalue weighted by molar-refractivity contribution is 7.81. The molecule has 0 N–H and O–H groups in total. The monoisotopic (exact) mass is 363 g/mol. The Morgan fingerprint density at radius 3 is 2.24 bits per heavy atom. The van der Waals surface area contributed by atoms with E-state index in [2.05, 4.69) is 14.5 Å². The van der Waals surface area contributed by atoms with Crippen LogP contribution in [0.15, 0.2) is 54.7 Å². The molecule has 0 aliphatic rings. The molecule has 25 heavy (non-hydrogen) atoms. The van der Waals surface area contributed by atoms with Gasteiger partial charge in [-0.25, -0.2) is 0 Å². The summed E-state index contributed by atoms with van der Waals surface area (Å²) in [7, 11) is -3.22.